The standard InChI is InChI=1S/C16H12N2O2S/c19-8-10-3-1-4-11(7-10)20-15-14-12-5-2-6-13(12)21-16(14)18-9-17-15/h1,3-4,7-9H,2,5-6H2. The Morgan fingerprint density at radius 1 is 1.24 bits per heavy atom. The number of aryl methyl sites for hydroxylation is 2. The topological polar surface area (TPSA) is 52.1 Å². The van der Waals surface area contributed by atoms with Crippen LogP contribution in [0.2, 0.25) is 0 Å². The zero-order valence-electron chi connectivity index (χ0n) is 11.2. The lowest BCUT2D eigenvalue weighted by molar-refractivity contribution is 0.112. The predicted molar refractivity (Wildman–Crippen MR) is 81.3 cm³/mol. The van der Waals surface area contributed by atoms with E-state index in [4.69, 9.17) is 4.74 Å². The number of nitrogens with zero attached hydrogens (tertiary/aromatic N) is 2. The Bertz CT molecular complexity index is 841. The van der Waals surface area contributed by atoms with Crippen LogP contribution in [0.25, 0.3) is 10.2 Å². The van der Waals surface area contributed by atoms with Gasteiger partial charge in [-0.15, -0.1) is 11.3 Å². The highest BCUT2D eigenvalue weighted by Crippen LogP contribution is 2.40. The minimum absolute atomic E-state index is 0.586. The van der Waals surface area contributed by atoms with Crippen LogP contribution in [0.15, 0.2) is 30.6 Å². The average Bonchev–Trinajstić information content (AvgIpc) is 3.08. The third-order valence-electron chi connectivity index (χ3n) is 3.68. The SMILES string of the molecule is O=Cc1cccc(Oc2ncnc3sc4c(c23)CCC4)c1. The minimum Gasteiger partial charge on any atom is -0.438 e. The zero-order chi connectivity index (χ0) is 14.2. The molecule has 1 aliphatic rings. The average molecular weight is 296 g/mol. The van der Waals surface area contributed by atoms with Crippen LogP contribution in [0, 0.1) is 0 Å². The quantitative estimate of drug-likeness (QED) is 0.690. The van der Waals surface area contributed by atoms with Crippen LogP contribution < -0.4 is 4.74 Å². The molecule has 2 aromatic heterocycles. The molecule has 0 unspecified atom stereocenters. The molecule has 2 heterocycles. The molecule has 0 amide bonds. The van der Waals surface area contributed by atoms with E-state index in [0.29, 0.717) is 17.2 Å². The van der Waals surface area contributed by atoms with E-state index < -0.39 is 0 Å². The number of fused-ring (bicyclic) bond motifs is 3. The van der Waals surface area contributed by atoms with E-state index in [1.807, 2.05) is 6.07 Å². The Morgan fingerprint density at radius 2 is 2.19 bits per heavy atom. The van der Waals surface area contributed by atoms with E-state index in [2.05, 4.69) is 9.97 Å². The van der Waals surface area contributed by atoms with Crippen molar-refractivity contribution in [2.45, 2.75) is 19.3 Å². The Kier molecular flexibility index (Phi) is 2.93. The number of carbonyl (C=O) groups excluding carboxylic acids is 1. The molecule has 0 N–H and O–H groups in total. The predicted octanol–water partition coefficient (Wildman–Crippen LogP) is 3.78. The van der Waals surface area contributed by atoms with Gasteiger partial charge in [-0.3, -0.25) is 4.79 Å². The summed E-state index contributed by atoms with van der Waals surface area (Å²) in [6.07, 6.45) is 5.72. The summed E-state index contributed by atoms with van der Waals surface area (Å²) in [5.41, 5.74) is 1.92. The summed E-state index contributed by atoms with van der Waals surface area (Å²) in [5.74, 6) is 1.21. The van der Waals surface area contributed by atoms with Gasteiger partial charge in [-0.25, -0.2) is 9.97 Å². The van der Waals surface area contributed by atoms with Gasteiger partial charge in [0.1, 0.15) is 23.2 Å². The molecule has 0 aliphatic heterocycles. The fourth-order valence-electron chi connectivity index (χ4n) is 2.74. The van der Waals surface area contributed by atoms with E-state index in [9.17, 15) is 4.79 Å². The van der Waals surface area contributed by atoms with Gasteiger partial charge in [0.2, 0.25) is 5.88 Å². The maximum atomic E-state index is 10.9. The van der Waals surface area contributed by atoms with Crippen LogP contribution in [-0.2, 0) is 12.8 Å². The number of ether oxygens (including phenoxy) is 1. The molecule has 4 rings (SSSR count). The molecule has 0 saturated heterocycles. The lowest BCUT2D eigenvalue weighted by Crippen LogP contribution is -1.92. The fraction of sp³-hybridized carbons (Fsp3) is 0.188. The normalized spacial score (nSPS) is 13.3. The molecule has 1 aromatic carbocycles. The van der Waals surface area contributed by atoms with Gasteiger partial charge in [0.25, 0.3) is 0 Å². The number of aldehydes is 1. The molecule has 0 fully saturated rings. The second-order valence-electron chi connectivity index (χ2n) is 5.01. The highest BCUT2D eigenvalue weighted by Gasteiger charge is 2.22. The summed E-state index contributed by atoms with van der Waals surface area (Å²) in [5, 5.41) is 1.03. The van der Waals surface area contributed by atoms with Crippen molar-refractivity contribution in [2.75, 3.05) is 0 Å². The first-order chi connectivity index (χ1) is 10.3. The Morgan fingerprint density at radius 3 is 3.10 bits per heavy atom. The second-order valence-corrected chi connectivity index (χ2v) is 6.09. The van der Waals surface area contributed by atoms with E-state index >= 15 is 0 Å². The molecule has 104 valence electrons. The lowest BCUT2D eigenvalue weighted by atomic mass is 10.2. The number of aromatic nitrogens is 2. The molecular weight excluding hydrogens is 284 g/mol. The van der Waals surface area contributed by atoms with Crippen molar-refractivity contribution in [1.29, 1.82) is 0 Å². The van der Waals surface area contributed by atoms with Crippen LogP contribution in [0.3, 0.4) is 0 Å². The molecular formula is C16H12N2O2S. The van der Waals surface area contributed by atoms with Gasteiger partial charge >= 0.3 is 0 Å². The maximum absolute atomic E-state index is 10.9. The second kappa shape index (κ2) is 4.93. The summed E-state index contributed by atoms with van der Waals surface area (Å²) >= 11 is 1.73. The first-order valence-electron chi connectivity index (χ1n) is 6.83. The summed E-state index contributed by atoms with van der Waals surface area (Å²) in [6.45, 7) is 0. The van der Waals surface area contributed by atoms with E-state index in [-0.39, 0.29) is 0 Å². The number of thiophene rings is 1. The summed E-state index contributed by atoms with van der Waals surface area (Å²) in [4.78, 5) is 21.9. The van der Waals surface area contributed by atoms with Crippen molar-refractivity contribution in [2.24, 2.45) is 0 Å². The molecule has 0 spiro atoms. The first kappa shape index (κ1) is 12.5. The molecule has 5 heteroatoms. The Hall–Kier alpha value is -2.27. The van der Waals surface area contributed by atoms with Crippen LogP contribution in [0.4, 0.5) is 0 Å². The van der Waals surface area contributed by atoms with Crippen molar-refractivity contribution in [1.82, 2.24) is 9.97 Å². The van der Waals surface area contributed by atoms with Crippen molar-refractivity contribution in [3.8, 4) is 11.6 Å². The van der Waals surface area contributed by atoms with Gasteiger partial charge in [0.15, 0.2) is 0 Å². The van der Waals surface area contributed by atoms with E-state index in [1.54, 1.807) is 29.5 Å². The molecule has 0 saturated carbocycles. The largest absolute Gasteiger partial charge is 0.438 e. The molecule has 0 radical (unpaired) electrons. The van der Waals surface area contributed by atoms with Crippen molar-refractivity contribution in [3.05, 3.63) is 46.6 Å². The molecule has 21 heavy (non-hydrogen) atoms. The number of carbonyl (C=O) groups is 1. The number of benzene rings is 1. The van der Waals surface area contributed by atoms with Gasteiger partial charge < -0.3 is 4.74 Å². The van der Waals surface area contributed by atoms with E-state index in [1.165, 1.54) is 23.2 Å². The van der Waals surface area contributed by atoms with Crippen LogP contribution >= 0.6 is 11.3 Å². The van der Waals surface area contributed by atoms with Gasteiger partial charge in [-0.2, -0.15) is 0 Å². The Labute approximate surface area is 125 Å². The zero-order valence-corrected chi connectivity index (χ0v) is 12.0. The molecule has 3 aromatic rings. The molecule has 0 bridgehead atoms. The fourth-order valence-corrected chi connectivity index (χ4v) is 3.96. The summed E-state index contributed by atoms with van der Waals surface area (Å²) in [7, 11) is 0. The molecule has 4 nitrogen and oxygen atoms in total. The van der Waals surface area contributed by atoms with Gasteiger partial charge in [0.05, 0.1) is 5.39 Å². The smallest absolute Gasteiger partial charge is 0.231 e. The molecule has 1 aliphatic carbocycles. The molecule has 0 atom stereocenters. The van der Waals surface area contributed by atoms with Crippen LogP contribution in [0.1, 0.15) is 27.2 Å². The van der Waals surface area contributed by atoms with Crippen LogP contribution in [0.5, 0.6) is 11.6 Å². The number of rotatable bonds is 3. The van der Waals surface area contributed by atoms with Gasteiger partial charge in [-0.1, -0.05) is 12.1 Å². The van der Waals surface area contributed by atoms with Crippen molar-refractivity contribution < 1.29 is 9.53 Å². The number of hydrogen-bond acceptors (Lipinski definition) is 5. The van der Waals surface area contributed by atoms with Gasteiger partial charge in [0, 0.05) is 10.4 Å². The van der Waals surface area contributed by atoms with Crippen LogP contribution in [-0.4, -0.2) is 16.3 Å². The first-order valence-corrected chi connectivity index (χ1v) is 7.65. The Balaban J connectivity index is 1.81. The minimum atomic E-state index is 0.586. The van der Waals surface area contributed by atoms with Crippen molar-refractivity contribution in [3.63, 3.8) is 0 Å². The van der Waals surface area contributed by atoms with Gasteiger partial charge in [-0.05, 0) is 37.0 Å². The van der Waals surface area contributed by atoms with Crippen molar-refractivity contribution >= 4 is 27.8 Å². The third kappa shape index (κ3) is 2.10. The monoisotopic (exact) mass is 296 g/mol. The summed E-state index contributed by atoms with van der Waals surface area (Å²) < 4.78 is 5.91. The lowest BCUT2D eigenvalue weighted by Gasteiger charge is -2.07. The van der Waals surface area contributed by atoms with E-state index in [0.717, 1.165) is 29.3 Å². The number of hydrogen-bond donors (Lipinski definition) is 0. The highest BCUT2D eigenvalue weighted by atomic mass is 32.1. The highest BCUT2D eigenvalue weighted by molar-refractivity contribution is 7.18. The third-order valence-corrected chi connectivity index (χ3v) is 4.88. The maximum Gasteiger partial charge on any atom is 0.231 e. The summed E-state index contributed by atoms with van der Waals surface area (Å²) in [6, 6.07) is 7.09.